The summed E-state index contributed by atoms with van der Waals surface area (Å²) in [4.78, 5) is 12.0. The Morgan fingerprint density at radius 1 is 1.29 bits per heavy atom. The van der Waals surface area contributed by atoms with Crippen molar-refractivity contribution < 1.29 is 9.90 Å². The lowest BCUT2D eigenvalue weighted by molar-refractivity contribution is -0.157. The largest absolute Gasteiger partial charge is 0.382 e. The minimum Gasteiger partial charge on any atom is -0.382 e. The van der Waals surface area contributed by atoms with Crippen LogP contribution >= 0.6 is 0 Å². The Hall–Kier alpha value is -0.153. The van der Waals surface area contributed by atoms with E-state index in [4.69, 9.17) is 0 Å². The second kappa shape index (κ2) is 4.50. The topological polar surface area (TPSA) is 37.3 Å². The Balaban J connectivity index is 2.17. The molecule has 0 heterocycles. The normalized spacial score (nSPS) is 38.9. The molecule has 0 radical (unpaired) electrons. The third-order valence-electron chi connectivity index (χ3n) is 4.61. The van der Waals surface area contributed by atoms with Crippen molar-refractivity contribution in [1.29, 1.82) is 0 Å². The van der Waals surface area contributed by atoms with Crippen molar-refractivity contribution in [2.75, 3.05) is 0 Å². The molecule has 0 aromatic carbocycles. The molecule has 2 nitrogen and oxygen atoms in total. The average molecular weight is 254 g/mol. The van der Waals surface area contributed by atoms with E-state index in [-0.39, 0.29) is 11.7 Å². The summed E-state index contributed by atoms with van der Waals surface area (Å²) in [6.07, 6.45) is 5.65. The zero-order chi connectivity index (χ0) is 12.7. The van der Waals surface area contributed by atoms with E-state index in [0.717, 1.165) is 25.7 Å². The van der Waals surface area contributed by atoms with Gasteiger partial charge < -0.3 is 5.11 Å². The molecule has 2 fully saturated rings. The molecule has 0 unspecified atom stereocenters. The molecule has 2 aliphatic rings. The molecule has 3 heteroatoms. The molecule has 0 bridgehead atoms. The van der Waals surface area contributed by atoms with Gasteiger partial charge in [-0.05, 0) is 31.1 Å². The first-order valence-corrected chi connectivity index (χ1v) is 10.8. The zero-order valence-electron chi connectivity index (χ0n) is 11.5. The molecular formula is C14H26O2Si. The van der Waals surface area contributed by atoms with E-state index in [1.807, 2.05) is 0 Å². The molecule has 0 saturated heterocycles. The summed E-state index contributed by atoms with van der Waals surface area (Å²) < 4.78 is 0. The van der Waals surface area contributed by atoms with Crippen molar-refractivity contribution >= 4 is 13.9 Å². The van der Waals surface area contributed by atoms with Gasteiger partial charge in [-0.15, -0.1) is 0 Å². The van der Waals surface area contributed by atoms with Gasteiger partial charge in [-0.1, -0.05) is 38.5 Å². The van der Waals surface area contributed by atoms with E-state index in [9.17, 15) is 9.90 Å². The first-order chi connectivity index (χ1) is 7.83. The van der Waals surface area contributed by atoms with Crippen LogP contribution in [0.5, 0.6) is 0 Å². The van der Waals surface area contributed by atoms with Gasteiger partial charge in [0, 0.05) is 14.5 Å². The highest BCUT2D eigenvalue weighted by Gasteiger charge is 2.51. The smallest absolute Gasteiger partial charge is 0.164 e. The standard InChI is InChI=1S/C14H26O2Si/c1-17(2,3)10-11-7-8-13(15)14(16)9-5-4-6-12(11)14/h11-12,16H,4-10H2,1-3H3/t11-,12-,14+/m0/s1. The van der Waals surface area contributed by atoms with Crippen LogP contribution in [0.1, 0.15) is 38.5 Å². The highest BCUT2D eigenvalue weighted by molar-refractivity contribution is 6.76. The summed E-state index contributed by atoms with van der Waals surface area (Å²) in [5.74, 6) is 1.00. The minimum absolute atomic E-state index is 0.133. The van der Waals surface area contributed by atoms with Gasteiger partial charge in [0.15, 0.2) is 5.78 Å². The van der Waals surface area contributed by atoms with Crippen LogP contribution in [0.2, 0.25) is 25.7 Å². The highest BCUT2D eigenvalue weighted by atomic mass is 28.3. The van der Waals surface area contributed by atoms with E-state index < -0.39 is 13.7 Å². The van der Waals surface area contributed by atoms with E-state index in [0.29, 0.717) is 12.3 Å². The second-order valence-electron chi connectivity index (χ2n) is 7.26. The van der Waals surface area contributed by atoms with E-state index >= 15 is 0 Å². The number of ketones is 1. The van der Waals surface area contributed by atoms with E-state index in [2.05, 4.69) is 19.6 Å². The third-order valence-corrected chi connectivity index (χ3v) is 6.35. The predicted molar refractivity (Wildman–Crippen MR) is 72.8 cm³/mol. The number of Topliss-reactive ketones (excluding diaryl/α,β-unsaturated/α-hetero) is 1. The quantitative estimate of drug-likeness (QED) is 0.768. The monoisotopic (exact) mass is 254 g/mol. The van der Waals surface area contributed by atoms with Crippen molar-refractivity contribution in [3.05, 3.63) is 0 Å². The fraction of sp³-hybridized carbons (Fsp3) is 0.929. The summed E-state index contributed by atoms with van der Waals surface area (Å²) in [7, 11) is -1.10. The van der Waals surface area contributed by atoms with Crippen molar-refractivity contribution in [3.63, 3.8) is 0 Å². The van der Waals surface area contributed by atoms with Gasteiger partial charge in [-0.25, -0.2) is 0 Å². The molecule has 17 heavy (non-hydrogen) atoms. The number of hydrogen-bond donors (Lipinski definition) is 1. The summed E-state index contributed by atoms with van der Waals surface area (Å²) in [5.41, 5.74) is -0.944. The molecule has 1 N–H and O–H groups in total. The van der Waals surface area contributed by atoms with Crippen molar-refractivity contribution in [2.24, 2.45) is 11.8 Å². The fourth-order valence-corrected chi connectivity index (χ4v) is 5.98. The van der Waals surface area contributed by atoms with Gasteiger partial charge in [0.25, 0.3) is 0 Å². The Bertz CT molecular complexity index is 308. The van der Waals surface area contributed by atoms with Crippen LogP contribution in [-0.4, -0.2) is 24.6 Å². The lowest BCUT2D eigenvalue weighted by Gasteiger charge is -2.47. The molecule has 98 valence electrons. The Morgan fingerprint density at radius 2 is 2.00 bits per heavy atom. The molecule has 0 aliphatic heterocycles. The van der Waals surface area contributed by atoms with Gasteiger partial charge in [0.2, 0.25) is 0 Å². The number of fused-ring (bicyclic) bond motifs is 1. The molecule has 2 aliphatic carbocycles. The lowest BCUT2D eigenvalue weighted by atomic mass is 9.62. The van der Waals surface area contributed by atoms with Gasteiger partial charge in [-0.3, -0.25) is 4.79 Å². The number of carbonyl (C=O) groups is 1. The first-order valence-electron chi connectivity index (χ1n) is 7.09. The number of aliphatic hydroxyl groups is 1. The van der Waals surface area contributed by atoms with Gasteiger partial charge in [0.05, 0.1) is 0 Å². The molecule has 0 amide bonds. The maximum absolute atomic E-state index is 12.0. The summed E-state index contributed by atoms with van der Waals surface area (Å²) in [5, 5.41) is 10.7. The Labute approximate surface area is 106 Å². The molecule has 3 atom stereocenters. The van der Waals surface area contributed by atoms with Crippen LogP contribution in [0, 0.1) is 11.8 Å². The van der Waals surface area contributed by atoms with Crippen molar-refractivity contribution in [1.82, 2.24) is 0 Å². The van der Waals surface area contributed by atoms with E-state index in [1.54, 1.807) is 0 Å². The third kappa shape index (κ3) is 2.65. The SMILES string of the molecule is C[Si](C)(C)C[C@@H]1CCC(=O)[C@@]2(O)CCCC[C@@H]12. The van der Waals surface area contributed by atoms with Crippen LogP contribution < -0.4 is 0 Å². The van der Waals surface area contributed by atoms with Gasteiger partial charge in [0.1, 0.15) is 5.60 Å². The summed E-state index contributed by atoms with van der Waals surface area (Å²) in [6.45, 7) is 7.18. The Morgan fingerprint density at radius 3 is 2.65 bits per heavy atom. The number of hydrogen-bond acceptors (Lipinski definition) is 2. The van der Waals surface area contributed by atoms with Crippen LogP contribution in [0.3, 0.4) is 0 Å². The number of rotatable bonds is 2. The molecule has 2 saturated carbocycles. The van der Waals surface area contributed by atoms with Gasteiger partial charge >= 0.3 is 0 Å². The highest BCUT2D eigenvalue weighted by Crippen LogP contribution is 2.47. The van der Waals surface area contributed by atoms with Crippen molar-refractivity contribution in [2.45, 2.75) is 69.8 Å². The first kappa shape index (κ1) is 13.3. The number of carbonyl (C=O) groups excluding carboxylic acids is 1. The predicted octanol–water partition coefficient (Wildman–Crippen LogP) is 3.23. The zero-order valence-corrected chi connectivity index (χ0v) is 12.5. The summed E-state index contributed by atoms with van der Waals surface area (Å²) >= 11 is 0. The van der Waals surface area contributed by atoms with Gasteiger partial charge in [-0.2, -0.15) is 0 Å². The molecular weight excluding hydrogens is 228 g/mol. The average Bonchev–Trinajstić information content (AvgIpc) is 2.21. The fourth-order valence-electron chi connectivity index (χ4n) is 3.92. The molecule has 0 spiro atoms. The lowest BCUT2D eigenvalue weighted by Crippen LogP contribution is -2.54. The maximum atomic E-state index is 12.0. The van der Waals surface area contributed by atoms with Crippen LogP contribution in [0.25, 0.3) is 0 Å². The molecule has 2 rings (SSSR count). The molecule has 0 aromatic rings. The summed E-state index contributed by atoms with van der Waals surface area (Å²) in [6, 6.07) is 1.27. The minimum atomic E-state index is -1.10. The van der Waals surface area contributed by atoms with Crippen LogP contribution in [-0.2, 0) is 4.79 Å². The second-order valence-corrected chi connectivity index (χ2v) is 12.8. The van der Waals surface area contributed by atoms with E-state index in [1.165, 1.54) is 12.5 Å². The van der Waals surface area contributed by atoms with Crippen LogP contribution in [0.15, 0.2) is 0 Å². The molecule has 0 aromatic heterocycles. The van der Waals surface area contributed by atoms with Crippen LogP contribution in [0.4, 0.5) is 0 Å². The Kier molecular flexibility index (Phi) is 3.52. The maximum Gasteiger partial charge on any atom is 0.164 e. The van der Waals surface area contributed by atoms with Crippen molar-refractivity contribution in [3.8, 4) is 0 Å².